The summed E-state index contributed by atoms with van der Waals surface area (Å²) in [5.41, 5.74) is 0.256. The summed E-state index contributed by atoms with van der Waals surface area (Å²) in [5, 5.41) is 0. The molecule has 2 rings (SSSR count). The molecule has 1 aliphatic carbocycles. The molecule has 1 unspecified atom stereocenters. The first-order valence-electron chi connectivity index (χ1n) is 7.63. The van der Waals surface area contributed by atoms with E-state index in [1.165, 1.54) is 44.9 Å². The van der Waals surface area contributed by atoms with Crippen LogP contribution in [-0.4, -0.2) is 41.6 Å². The van der Waals surface area contributed by atoms with Crippen LogP contribution in [0.3, 0.4) is 0 Å². The van der Waals surface area contributed by atoms with Crippen LogP contribution in [0.2, 0.25) is 0 Å². The van der Waals surface area contributed by atoms with Crippen LogP contribution in [0.5, 0.6) is 0 Å². The highest BCUT2D eigenvalue weighted by Gasteiger charge is 2.41. The molecule has 0 aromatic rings. The Morgan fingerprint density at radius 2 is 1.94 bits per heavy atom. The molecule has 1 saturated carbocycles. The van der Waals surface area contributed by atoms with E-state index in [0.717, 1.165) is 19.0 Å². The summed E-state index contributed by atoms with van der Waals surface area (Å²) in [6, 6.07) is 0.565. The molecule has 18 heavy (non-hydrogen) atoms. The van der Waals surface area contributed by atoms with Crippen molar-refractivity contribution in [2.45, 2.75) is 76.5 Å². The minimum atomic E-state index is 0.256. The molecule has 0 amide bonds. The van der Waals surface area contributed by atoms with Gasteiger partial charge in [0.2, 0.25) is 0 Å². The number of halogens is 1. The Balaban J connectivity index is 1.84. The highest BCUT2D eigenvalue weighted by atomic mass is 35.5. The largest absolute Gasteiger partial charge is 0.370 e. The first-order chi connectivity index (χ1) is 8.65. The van der Waals surface area contributed by atoms with Crippen LogP contribution < -0.4 is 0 Å². The van der Waals surface area contributed by atoms with Crippen LogP contribution >= 0.6 is 11.6 Å². The molecule has 2 aliphatic rings. The van der Waals surface area contributed by atoms with E-state index in [9.17, 15) is 0 Å². The van der Waals surface area contributed by atoms with Gasteiger partial charge in [0.25, 0.3) is 0 Å². The van der Waals surface area contributed by atoms with E-state index in [2.05, 4.69) is 18.7 Å². The quantitative estimate of drug-likeness (QED) is 0.706. The summed E-state index contributed by atoms with van der Waals surface area (Å²) in [6.07, 6.45) is 9.68. The molecular formula is C15H28ClNO. The monoisotopic (exact) mass is 273 g/mol. The zero-order valence-electron chi connectivity index (χ0n) is 12.0. The third kappa shape index (κ3) is 3.61. The minimum Gasteiger partial charge on any atom is -0.370 e. The topological polar surface area (TPSA) is 12.5 Å². The SMILES string of the molecule is CC(C)N(CCCl)CC1CCC2(CCCCC2)O1. The van der Waals surface area contributed by atoms with Crippen molar-refractivity contribution in [2.24, 2.45) is 0 Å². The normalized spacial score (nSPS) is 27.5. The first-order valence-corrected chi connectivity index (χ1v) is 8.16. The Labute approximate surface area is 117 Å². The summed E-state index contributed by atoms with van der Waals surface area (Å²) in [6.45, 7) is 6.54. The molecule has 1 saturated heterocycles. The predicted octanol–water partition coefficient (Wildman–Crippen LogP) is 3.82. The lowest BCUT2D eigenvalue weighted by Gasteiger charge is -2.35. The Morgan fingerprint density at radius 1 is 1.22 bits per heavy atom. The average Bonchev–Trinajstić information content (AvgIpc) is 2.72. The maximum Gasteiger partial charge on any atom is 0.0710 e. The highest BCUT2D eigenvalue weighted by Crippen LogP contribution is 2.42. The van der Waals surface area contributed by atoms with E-state index in [-0.39, 0.29) is 5.60 Å². The highest BCUT2D eigenvalue weighted by molar-refractivity contribution is 6.18. The fraction of sp³-hybridized carbons (Fsp3) is 1.00. The lowest BCUT2D eigenvalue weighted by Crippen LogP contribution is -2.40. The lowest BCUT2D eigenvalue weighted by atomic mass is 9.83. The number of hydrogen-bond donors (Lipinski definition) is 0. The Hall–Kier alpha value is 0.210. The van der Waals surface area contributed by atoms with Gasteiger partial charge in [-0.2, -0.15) is 0 Å². The molecule has 0 aromatic carbocycles. The number of ether oxygens (including phenoxy) is 1. The number of rotatable bonds is 5. The van der Waals surface area contributed by atoms with Gasteiger partial charge in [-0.25, -0.2) is 0 Å². The molecule has 3 heteroatoms. The summed E-state index contributed by atoms with van der Waals surface area (Å²) >= 11 is 5.89. The van der Waals surface area contributed by atoms with Crippen LogP contribution in [0.1, 0.15) is 58.8 Å². The van der Waals surface area contributed by atoms with Crippen molar-refractivity contribution in [3.8, 4) is 0 Å². The Morgan fingerprint density at radius 3 is 2.56 bits per heavy atom. The Kier molecular flexibility index (Phi) is 5.35. The van der Waals surface area contributed by atoms with Gasteiger partial charge in [-0.1, -0.05) is 19.3 Å². The van der Waals surface area contributed by atoms with E-state index in [4.69, 9.17) is 16.3 Å². The molecule has 2 nitrogen and oxygen atoms in total. The number of alkyl halides is 1. The van der Waals surface area contributed by atoms with E-state index in [1.54, 1.807) is 0 Å². The fourth-order valence-electron chi connectivity index (χ4n) is 3.52. The van der Waals surface area contributed by atoms with E-state index >= 15 is 0 Å². The molecule has 1 heterocycles. The summed E-state index contributed by atoms with van der Waals surface area (Å²) in [5.74, 6) is 0.718. The van der Waals surface area contributed by atoms with Gasteiger partial charge in [0, 0.05) is 25.0 Å². The minimum absolute atomic E-state index is 0.256. The summed E-state index contributed by atoms with van der Waals surface area (Å²) in [4.78, 5) is 2.46. The van der Waals surface area contributed by atoms with Gasteiger partial charge in [0.05, 0.1) is 11.7 Å². The van der Waals surface area contributed by atoms with Crippen molar-refractivity contribution in [3.05, 3.63) is 0 Å². The zero-order chi connectivity index (χ0) is 13.0. The second-order valence-electron chi connectivity index (χ2n) is 6.30. The molecule has 0 radical (unpaired) electrons. The maximum absolute atomic E-state index is 6.43. The number of hydrogen-bond acceptors (Lipinski definition) is 2. The van der Waals surface area contributed by atoms with E-state index < -0.39 is 0 Å². The summed E-state index contributed by atoms with van der Waals surface area (Å²) < 4.78 is 6.43. The lowest BCUT2D eigenvalue weighted by molar-refractivity contribution is -0.0734. The molecule has 1 spiro atoms. The van der Waals surface area contributed by atoms with Gasteiger partial charge in [-0.05, 0) is 39.5 Å². The van der Waals surface area contributed by atoms with Gasteiger partial charge < -0.3 is 4.74 Å². The predicted molar refractivity (Wildman–Crippen MR) is 77.4 cm³/mol. The van der Waals surface area contributed by atoms with Crippen molar-refractivity contribution < 1.29 is 4.74 Å². The molecule has 0 bridgehead atoms. The van der Waals surface area contributed by atoms with Crippen molar-refractivity contribution in [1.29, 1.82) is 0 Å². The van der Waals surface area contributed by atoms with E-state index in [1.807, 2.05) is 0 Å². The maximum atomic E-state index is 6.43. The van der Waals surface area contributed by atoms with Gasteiger partial charge in [0.1, 0.15) is 0 Å². The van der Waals surface area contributed by atoms with Crippen LogP contribution in [0.4, 0.5) is 0 Å². The van der Waals surface area contributed by atoms with Crippen LogP contribution in [0, 0.1) is 0 Å². The van der Waals surface area contributed by atoms with Gasteiger partial charge in [0.15, 0.2) is 0 Å². The smallest absolute Gasteiger partial charge is 0.0710 e. The van der Waals surface area contributed by atoms with Crippen molar-refractivity contribution in [3.63, 3.8) is 0 Å². The molecular weight excluding hydrogens is 246 g/mol. The summed E-state index contributed by atoms with van der Waals surface area (Å²) in [7, 11) is 0. The molecule has 0 N–H and O–H groups in total. The van der Waals surface area contributed by atoms with E-state index in [0.29, 0.717) is 12.1 Å². The average molecular weight is 274 g/mol. The number of nitrogens with zero attached hydrogens (tertiary/aromatic N) is 1. The molecule has 1 aliphatic heterocycles. The second kappa shape index (κ2) is 6.58. The Bertz CT molecular complexity index is 251. The molecule has 0 aromatic heterocycles. The van der Waals surface area contributed by atoms with Crippen molar-refractivity contribution in [1.82, 2.24) is 4.90 Å². The van der Waals surface area contributed by atoms with Crippen LogP contribution in [0.15, 0.2) is 0 Å². The third-order valence-corrected chi connectivity index (χ3v) is 4.81. The fourth-order valence-corrected chi connectivity index (χ4v) is 3.74. The van der Waals surface area contributed by atoms with Gasteiger partial charge in [-0.3, -0.25) is 4.90 Å². The van der Waals surface area contributed by atoms with Crippen LogP contribution in [-0.2, 0) is 4.74 Å². The molecule has 1 atom stereocenters. The van der Waals surface area contributed by atoms with Crippen LogP contribution in [0.25, 0.3) is 0 Å². The second-order valence-corrected chi connectivity index (χ2v) is 6.68. The first kappa shape index (κ1) is 14.6. The third-order valence-electron chi connectivity index (χ3n) is 4.64. The molecule has 106 valence electrons. The van der Waals surface area contributed by atoms with Gasteiger partial charge in [-0.15, -0.1) is 11.6 Å². The van der Waals surface area contributed by atoms with Crippen molar-refractivity contribution in [2.75, 3.05) is 19.0 Å². The molecule has 2 fully saturated rings. The zero-order valence-corrected chi connectivity index (χ0v) is 12.7. The van der Waals surface area contributed by atoms with Gasteiger partial charge >= 0.3 is 0 Å². The standard InChI is InChI=1S/C15H28ClNO/c1-13(2)17(11-10-16)12-14-6-9-15(18-14)7-4-3-5-8-15/h13-14H,3-12H2,1-2H3. The van der Waals surface area contributed by atoms with Crippen molar-refractivity contribution >= 4 is 11.6 Å².